The van der Waals surface area contributed by atoms with Crippen LogP contribution >= 0.6 is 0 Å². The number of rotatable bonds is 3. The van der Waals surface area contributed by atoms with E-state index in [0.717, 1.165) is 60.8 Å². The van der Waals surface area contributed by atoms with Crippen LogP contribution in [0.3, 0.4) is 0 Å². The van der Waals surface area contributed by atoms with E-state index in [1.54, 1.807) is 6.20 Å². The van der Waals surface area contributed by atoms with Crippen molar-refractivity contribution >= 4 is 6.08 Å². The number of aromatic nitrogens is 2. The van der Waals surface area contributed by atoms with Crippen LogP contribution in [0, 0.1) is 0 Å². The van der Waals surface area contributed by atoms with E-state index < -0.39 is 11.7 Å². The zero-order chi connectivity index (χ0) is 21.4. The van der Waals surface area contributed by atoms with Crippen LogP contribution in [0.1, 0.15) is 22.4 Å². The predicted octanol–water partition coefficient (Wildman–Crippen LogP) is 5.00. The Balaban J connectivity index is 1.29. The highest BCUT2D eigenvalue weighted by Gasteiger charge is 2.30. The molecule has 0 N–H and O–H groups in total. The number of hydrogen-bond donors (Lipinski definition) is 0. The molecule has 0 saturated heterocycles. The van der Waals surface area contributed by atoms with Crippen LogP contribution in [0.4, 0.5) is 13.2 Å². The molecule has 0 amide bonds. The summed E-state index contributed by atoms with van der Waals surface area (Å²) in [5.41, 5.74) is 4.25. The Hall–Kier alpha value is -3.19. The van der Waals surface area contributed by atoms with E-state index in [0.29, 0.717) is 18.0 Å². The van der Waals surface area contributed by atoms with Gasteiger partial charge in [-0.2, -0.15) is 13.2 Å². The lowest BCUT2D eigenvalue weighted by molar-refractivity contribution is -0.137. The number of alkyl halides is 3. The first kappa shape index (κ1) is 19.8. The van der Waals surface area contributed by atoms with E-state index in [9.17, 15) is 13.2 Å². The molecule has 1 aromatic heterocycles. The summed E-state index contributed by atoms with van der Waals surface area (Å²) in [6.07, 6.45) is 0.414. The molecule has 0 fully saturated rings. The van der Waals surface area contributed by atoms with Crippen LogP contribution < -0.4 is 4.74 Å². The number of hydrogen-bond acceptors (Lipinski definition) is 4. The van der Waals surface area contributed by atoms with Gasteiger partial charge in [0, 0.05) is 48.9 Å². The third kappa shape index (κ3) is 4.18. The molecule has 2 aliphatic rings. The summed E-state index contributed by atoms with van der Waals surface area (Å²) >= 11 is 0. The Kier molecular flexibility index (Phi) is 4.98. The smallest absolute Gasteiger partial charge is 0.416 e. The van der Waals surface area contributed by atoms with Crippen molar-refractivity contribution in [2.75, 3.05) is 19.7 Å². The molecule has 0 radical (unpaired) electrons. The third-order valence-corrected chi connectivity index (χ3v) is 5.60. The van der Waals surface area contributed by atoms with Gasteiger partial charge in [-0.3, -0.25) is 4.90 Å². The van der Waals surface area contributed by atoms with Crippen molar-refractivity contribution in [2.24, 2.45) is 0 Å². The molecule has 2 aromatic carbocycles. The van der Waals surface area contributed by atoms with Gasteiger partial charge in [-0.25, -0.2) is 9.97 Å². The lowest BCUT2D eigenvalue weighted by Gasteiger charge is -2.30. The van der Waals surface area contributed by atoms with Gasteiger partial charge in [-0.15, -0.1) is 0 Å². The summed E-state index contributed by atoms with van der Waals surface area (Å²) in [7, 11) is 0. The zero-order valence-electron chi connectivity index (χ0n) is 16.7. The van der Waals surface area contributed by atoms with Crippen molar-refractivity contribution in [1.82, 2.24) is 14.9 Å². The maximum atomic E-state index is 12.8. The highest BCUT2D eigenvalue weighted by Crippen LogP contribution is 2.31. The molecule has 3 aromatic rings. The normalized spacial score (nSPS) is 16.2. The van der Waals surface area contributed by atoms with Crippen LogP contribution in [0.25, 0.3) is 17.5 Å². The first-order chi connectivity index (χ1) is 15.0. The second-order valence-electron chi connectivity index (χ2n) is 7.83. The third-order valence-electron chi connectivity index (χ3n) is 5.60. The standard InChI is InChI=1S/C24H20F3N3O/c25-24(26,27)20-7-5-17(6-8-20)23-28-12-19-14-30(10-9-21(19)29-23)13-16-11-18-3-1-2-4-22(18)31-15-16/h1-8,11-12H,9-10,13-15H2. The molecular formula is C24H20F3N3O. The van der Waals surface area contributed by atoms with Crippen LogP contribution in [-0.2, 0) is 19.1 Å². The van der Waals surface area contributed by atoms with Crippen LogP contribution in [-0.4, -0.2) is 34.6 Å². The van der Waals surface area contributed by atoms with Crippen molar-refractivity contribution in [2.45, 2.75) is 19.1 Å². The number of ether oxygens (including phenoxy) is 1. The topological polar surface area (TPSA) is 38.2 Å². The quantitative estimate of drug-likeness (QED) is 0.595. The average molecular weight is 423 g/mol. The molecule has 7 heteroatoms. The Morgan fingerprint density at radius 2 is 1.84 bits per heavy atom. The van der Waals surface area contributed by atoms with Crippen molar-refractivity contribution in [1.29, 1.82) is 0 Å². The highest BCUT2D eigenvalue weighted by molar-refractivity contribution is 5.62. The Labute approximate surface area is 178 Å². The summed E-state index contributed by atoms with van der Waals surface area (Å²) in [4.78, 5) is 11.4. The lowest BCUT2D eigenvalue weighted by Crippen LogP contribution is -2.34. The van der Waals surface area contributed by atoms with E-state index in [2.05, 4.69) is 27.0 Å². The fourth-order valence-corrected chi connectivity index (χ4v) is 4.00. The van der Waals surface area contributed by atoms with Crippen molar-refractivity contribution in [3.05, 3.63) is 82.7 Å². The average Bonchev–Trinajstić information content (AvgIpc) is 2.78. The number of benzene rings is 2. The van der Waals surface area contributed by atoms with Gasteiger partial charge in [0.2, 0.25) is 0 Å². The number of halogens is 3. The van der Waals surface area contributed by atoms with Gasteiger partial charge in [-0.05, 0) is 29.8 Å². The van der Waals surface area contributed by atoms with Gasteiger partial charge in [0.1, 0.15) is 12.4 Å². The molecule has 0 bridgehead atoms. The van der Waals surface area contributed by atoms with E-state index in [1.807, 2.05) is 18.2 Å². The number of para-hydroxylation sites is 1. The lowest BCUT2D eigenvalue weighted by atomic mass is 10.0. The Bertz CT molecular complexity index is 1140. The zero-order valence-corrected chi connectivity index (χ0v) is 16.7. The summed E-state index contributed by atoms with van der Waals surface area (Å²) < 4.78 is 44.2. The Morgan fingerprint density at radius 3 is 2.65 bits per heavy atom. The molecule has 0 spiro atoms. The highest BCUT2D eigenvalue weighted by atomic mass is 19.4. The molecule has 0 atom stereocenters. The summed E-state index contributed by atoms with van der Waals surface area (Å²) in [6.45, 7) is 3.00. The first-order valence-electron chi connectivity index (χ1n) is 10.1. The van der Waals surface area contributed by atoms with Crippen molar-refractivity contribution in [3.8, 4) is 17.1 Å². The van der Waals surface area contributed by atoms with E-state index in [1.165, 1.54) is 17.7 Å². The minimum atomic E-state index is -4.35. The van der Waals surface area contributed by atoms with Gasteiger partial charge in [0.15, 0.2) is 5.82 Å². The SMILES string of the molecule is FC(F)(F)c1ccc(-c2ncc3c(n2)CCN(CC2=Cc4ccccc4OC2)C3)cc1. The summed E-state index contributed by atoms with van der Waals surface area (Å²) in [5.74, 6) is 1.38. The number of fused-ring (bicyclic) bond motifs is 2. The van der Waals surface area contributed by atoms with E-state index in [-0.39, 0.29) is 0 Å². The second kappa shape index (κ2) is 7.81. The van der Waals surface area contributed by atoms with Gasteiger partial charge in [-0.1, -0.05) is 30.3 Å². The minimum Gasteiger partial charge on any atom is -0.489 e. The van der Waals surface area contributed by atoms with E-state index >= 15 is 0 Å². The maximum absolute atomic E-state index is 12.8. The molecule has 0 saturated carbocycles. The van der Waals surface area contributed by atoms with Crippen LogP contribution in [0.15, 0.2) is 60.3 Å². The molecule has 5 rings (SSSR count). The van der Waals surface area contributed by atoms with Crippen LogP contribution in [0.2, 0.25) is 0 Å². The maximum Gasteiger partial charge on any atom is 0.416 e. The first-order valence-corrected chi connectivity index (χ1v) is 10.1. The van der Waals surface area contributed by atoms with Gasteiger partial charge in [0.05, 0.1) is 11.3 Å². The predicted molar refractivity (Wildman–Crippen MR) is 111 cm³/mol. The molecule has 4 nitrogen and oxygen atoms in total. The van der Waals surface area contributed by atoms with Gasteiger partial charge in [0.25, 0.3) is 0 Å². The fourth-order valence-electron chi connectivity index (χ4n) is 4.00. The molecule has 2 aliphatic heterocycles. The molecular weight excluding hydrogens is 403 g/mol. The summed E-state index contributed by atoms with van der Waals surface area (Å²) in [5, 5.41) is 0. The second-order valence-corrected chi connectivity index (χ2v) is 7.83. The van der Waals surface area contributed by atoms with Gasteiger partial charge >= 0.3 is 6.18 Å². The molecule has 0 aliphatic carbocycles. The molecule has 3 heterocycles. The van der Waals surface area contributed by atoms with Crippen molar-refractivity contribution < 1.29 is 17.9 Å². The van der Waals surface area contributed by atoms with Crippen molar-refractivity contribution in [3.63, 3.8) is 0 Å². The fraction of sp³-hybridized carbons (Fsp3) is 0.250. The Morgan fingerprint density at radius 1 is 1.03 bits per heavy atom. The van der Waals surface area contributed by atoms with Crippen LogP contribution in [0.5, 0.6) is 5.75 Å². The minimum absolute atomic E-state index is 0.459. The van der Waals surface area contributed by atoms with E-state index in [4.69, 9.17) is 4.74 Å². The number of nitrogens with zero attached hydrogens (tertiary/aromatic N) is 3. The largest absolute Gasteiger partial charge is 0.489 e. The monoisotopic (exact) mass is 423 g/mol. The molecule has 31 heavy (non-hydrogen) atoms. The van der Waals surface area contributed by atoms with Gasteiger partial charge < -0.3 is 4.74 Å². The summed E-state index contributed by atoms with van der Waals surface area (Å²) in [6, 6.07) is 13.0. The molecule has 0 unspecified atom stereocenters. The molecule has 158 valence electrons.